The number of benzene rings is 1. The lowest BCUT2D eigenvalue weighted by Crippen LogP contribution is -2.18. The summed E-state index contributed by atoms with van der Waals surface area (Å²) < 4.78 is 0. The van der Waals surface area contributed by atoms with Crippen molar-refractivity contribution in [2.75, 3.05) is 10.6 Å². The van der Waals surface area contributed by atoms with Crippen LogP contribution in [0, 0.1) is 0 Å². The number of nitrogens with one attached hydrogen (secondary N) is 2. The molecule has 6 heteroatoms. The Hall–Kier alpha value is -3.02. The fourth-order valence-corrected chi connectivity index (χ4v) is 3.19. The van der Waals surface area contributed by atoms with E-state index in [2.05, 4.69) is 25.6 Å². The maximum atomic E-state index is 12.5. The largest absolute Gasteiger partial charge is 0.366 e. The Morgan fingerprint density at radius 3 is 2.64 bits per heavy atom. The van der Waals surface area contributed by atoms with Crippen LogP contribution >= 0.6 is 0 Å². The third-order valence-corrected chi connectivity index (χ3v) is 4.47. The van der Waals surface area contributed by atoms with Gasteiger partial charge >= 0.3 is 0 Å². The first-order chi connectivity index (χ1) is 12.3. The Bertz CT molecular complexity index is 882. The van der Waals surface area contributed by atoms with E-state index in [4.69, 9.17) is 0 Å². The van der Waals surface area contributed by atoms with Gasteiger partial charge in [0.25, 0.3) is 5.91 Å². The predicted octanol–water partition coefficient (Wildman–Crippen LogP) is 3.63. The van der Waals surface area contributed by atoms with Crippen molar-refractivity contribution in [3.05, 3.63) is 54.6 Å². The fraction of sp³-hybridized carbons (Fsp3) is 0.263. The number of rotatable bonds is 4. The third-order valence-electron chi connectivity index (χ3n) is 4.47. The van der Waals surface area contributed by atoms with Crippen LogP contribution in [0.2, 0.25) is 0 Å². The number of carbonyl (C=O) groups is 1. The van der Waals surface area contributed by atoms with Gasteiger partial charge in [-0.15, -0.1) is 0 Å². The zero-order valence-corrected chi connectivity index (χ0v) is 13.8. The molecule has 2 heterocycles. The number of carbonyl (C=O) groups excluding carboxylic acids is 1. The molecule has 0 aliphatic heterocycles. The number of para-hydroxylation sites is 1. The zero-order valence-electron chi connectivity index (χ0n) is 13.8. The van der Waals surface area contributed by atoms with Crippen molar-refractivity contribution in [1.29, 1.82) is 0 Å². The highest BCUT2D eigenvalue weighted by Gasteiger charge is 2.16. The Morgan fingerprint density at radius 2 is 1.84 bits per heavy atom. The van der Waals surface area contributed by atoms with Crippen molar-refractivity contribution in [3.63, 3.8) is 0 Å². The van der Waals surface area contributed by atoms with E-state index in [0.29, 0.717) is 11.7 Å². The summed E-state index contributed by atoms with van der Waals surface area (Å²) in [5, 5.41) is 7.21. The lowest BCUT2D eigenvalue weighted by molar-refractivity contribution is 0.102. The van der Waals surface area contributed by atoms with E-state index in [0.717, 1.165) is 29.6 Å². The van der Waals surface area contributed by atoms with Crippen LogP contribution in [0.25, 0.3) is 10.9 Å². The molecule has 1 amide bonds. The topological polar surface area (TPSA) is 79.8 Å². The summed E-state index contributed by atoms with van der Waals surface area (Å²) in [6.07, 6.45) is 9.67. The Morgan fingerprint density at radius 1 is 1.00 bits per heavy atom. The minimum Gasteiger partial charge on any atom is -0.366 e. The van der Waals surface area contributed by atoms with E-state index in [9.17, 15) is 4.79 Å². The van der Waals surface area contributed by atoms with E-state index in [1.165, 1.54) is 19.0 Å². The number of pyridine rings is 1. The molecule has 6 nitrogen and oxygen atoms in total. The van der Waals surface area contributed by atoms with E-state index < -0.39 is 0 Å². The highest BCUT2D eigenvalue weighted by Crippen LogP contribution is 2.22. The number of amides is 1. The Balaban J connectivity index is 1.48. The molecular formula is C19H19N5O. The molecule has 2 aromatic heterocycles. The van der Waals surface area contributed by atoms with Crippen molar-refractivity contribution < 1.29 is 4.79 Å². The molecule has 0 unspecified atom stereocenters. The molecule has 3 aromatic rings. The van der Waals surface area contributed by atoms with Gasteiger partial charge in [-0.1, -0.05) is 31.0 Å². The van der Waals surface area contributed by atoms with Gasteiger partial charge in [-0.3, -0.25) is 9.78 Å². The monoisotopic (exact) mass is 333 g/mol. The molecule has 1 aliphatic rings. The lowest BCUT2D eigenvalue weighted by Gasteiger charge is -2.12. The summed E-state index contributed by atoms with van der Waals surface area (Å²) in [6.45, 7) is 0. The number of anilines is 2. The molecule has 1 saturated carbocycles. The SMILES string of the molecule is O=C(Nc1cccc2cccnc12)c1cnc(NC2CCCC2)cn1. The molecule has 0 atom stereocenters. The van der Waals surface area contributed by atoms with Crippen LogP contribution in [0.1, 0.15) is 36.2 Å². The van der Waals surface area contributed by atoms with Crippen LogP contribution in [-0.2, 0) is 0 Å². The van der Waals surface area contributed by atoms with E-state index in [1.54, 1.807) is 12.4 Å². The van der Waals surface area contributed by atoms with Gasteiger partial charge in [-0.25, -0.2) is 9.97 Å². The average molecular weight is 333 g/mol. The third kappa shape index (κ3) is 3.42. The second-order valence-corrected chi connectivity index (χ2v) is 6.25. The van der Waals surface area contributed by atoms with Gasteiger partial charge in [0, 0.05) is 17.6 Å². The highest BCUT2D eigenvalue weighted by molar-refractivity contribution is 6.07. The second-order valence-electron chi connectivity index (χ2n) is 6.25. The molecule has 1 fully saturated rings. The van der Waals surface area contributed by atoms with Crippen molar-refractivity contribution in [1.82, 2.24) is 15.0 Å². The van der Waals surface area contributed by atoms with Crippen molar-refractivity contribution in [2.45, 2.75) is 31.7 Å². The number of fused-ring (bicyclic) bond motifs is 1. The molecule has 1 aromatic carbocycles. The number of nitrogens with zero attached hydrogens (tertiary/aromatic N) is 3. The summed E-state index contributed by atoms with van der Waals surface area (Å²) in [4.78, 5) is 25.3. The molecule has 4 rings (SSSR count). The minimum absolute atomic E-state index is 0.282. The first-order valence-corrected chi connectivity index (χ1v) is 8.53. The average Bonchev–Trinajstić information content (AvgIpc) is 3.16. The molecule has 2 N–H and O–H groups in total. The normalized spacial score (nSPS) is 14.6. The standard InChI is InChI=1S/C19H19N5O/c25-19(24-15-9-3-5-13-6-4-10-20-18(13)15)16-11-22-17(12-21-16)23-14-7-1-2-8-14/h3-6,9-12,14H,1-2,7-8H2,(H,22,23)(H,24,25). The summed E-state index contributed by atoms with van der Waals surface area (Å²) >= 11 is 0. The van der Waals surface area contributed by atoms with Gasteiger partial charge in [0.15, 0.2) is 0 Å². The maximum absolute atomic E-state index is 12.5. The van der Waals surface area contributed by atoms with Gasteiger partial charge in [0.05, 0.1) is 23.6 Å². The van der Waals surface area contributed by atoms with Crippen LogP contribution in [-0.4, -0.2) is 26.9 Å². The van der Waals surface area contributed by atoms with Crippen LogP contribution in [0.4, 0.5) is 11.5 Å². The first kappa shape index (κ1) is 15.5. The number of hydrogen-bond acceptors (Lipinski definition) is 5. The molecule has 0 bridgehead atoms. The maximum Gasteiger partial charge on any atom is 0.275 e. The molecule has 0 radical (unpaired) electrons. The number of aromatic nitrogens is 3. The fourth-order valence-electron chi connectivity index (χ4n) is 3.19. The smallest absolute Gasteiger partial charge is 0.275 e. The van der Waals surface area contributed by atoms with Crippen LogP contribution < -0.4 is 10.6 Å². The van der Waals surface area contributed by atoms with Gasteiger partial charge < -0.3 is 10.6 Å². The zero-order chi connectivity index (χ0) is 17.1. The first-order valence-electron chi connectivity index (χ1n) is 8.53. The van der Waals surface area contributed by atoms with Crippen molar-refractivity contribution in [3.8, 4) is 0 Å². The van der Waals surface area contributed by atoms with Gasteiger partial charge in [-0.2, -0.15) is 0 Å². The Kier molecular flexibility index (Phi) is 4.24. The molecular weight excluding hydrogens is 314 g/mol. The summed E-state index contributed by atoms with van der Waals surface area (Å²) in [6, 6.07) is 9.98. The molecule has 0 spiro atoms. The second kappa shape index (κ2) is 6.84. The predicted molar refractivity (Wildman–Crippen MR) is 97.6 cm³/mol. The van der Waals surface area contributed by atoms with Gasteiger partial charge in [0.1, 0.15) is 11.5 Å². The van der Waals surface area contributed by atoms with Crippen molar-refractivity contribution in [2.24, 2.45) is 0 Å². The van der Waals surface area contributed by atoms with Gasteiger partial charge in [0.2, 0.25) is 0 Å². The lowest BCUT2D eigenvalue weighted by atomic mass is 10.2. The summed E-state index contributed by atoms with van der Waals surface area (Å²) in [5.74, 6) is 0.424. The van der Waals surface area contributed by atoms with Crippen LogP contribution in [0.5, 0.6) is 0 Å². The van der Waals surface area contributed by atoms with E-state index in [1.807, 2.05) is 30.3 Å². The minimum atomic E-state index is -0.293. The van der Waals surface area contributed by atoms with E-state index in [-0.39, 0.29) is 11.6 Å². The van der Waals surface area contributed by atoms with Crippen LogP contribution in [0.15, 0.2) is 48.9 Å². The Labute approximate surface area is 145 Å². The molecule has 25 heavy (non-hydrogen) atoms. The molecule has 126 valence electrons. The molecule has 1 aliphatic carbocycles. The highest BCUT2D eigenvalue weighted by atomic mass is 16.1. The van der Waals surface area contributed by atoms with E-state index >= 15 is 0 Å². The summed E-state index contributed by atoms with van der Waals surface area (Å²) in [5.41, 5.74) is 1.70. The van der Waals surface area contributed by atoms with Crippen LogP contribution in [0.3, 0.4) is 0 Å². The van der Waals surface area contributed by atoms with Crippen molar-refractivity contribution >= 4 is 28.3 Å². The summed E-state index contributed by atoms with van der Waals surface area (Å²) in [7, 11) is 0. The number of hydrogen-bond donors (Lipinski definition) is 2. The van der Waals surface area contributed by atoms with Gasteiger partial charge in [-0.05, 0) is 25.0 Å². The molecule has 0 saturated heterocycles. The quantitative estimate of drug-likeness (QED) is 0.762.